The fourth-order valence-corrected chi connectivity index (χ4v) is 9.02. The lowest BCUT2D eigenvalue weighted by atomic mass is 9.78. The van der Waals surface area contributed by atoms with Gasteiger partial charge >= 0.3 is 0 Å². The summed E-state index contributed by atoms with van der Waals surface area (Å²) >= 11 is 0. The molecule has 3 aromatic rings. The molecule has 1 aliphatic heterocycles. The van der Waals surface area contributed by atoms with E-state index >= 15 is 0 Å². The van der Waals surface area contributed by atoms with E-state index in [1.54, 1.807) is 0 Å². The molecule has 2 heteroatoms. The fraction of sp³-hybridized carbons (Fsp3) is 0.286. The van der Waals surface area contributed by atoms with Crippen LogP contribution in [0.4, 0.5) is 11.4 Å². The van der Waals surface area contributed by atoms with Gasteiger partial charge in [-0.25, -0.2) is 0 Å². The Kier molecular flexibility index (Phi) is 5.41. The van der Waals surface area contributed by atoms with Crippen LogP contribution in [0.5, 0.6) is 0 Å². The molecule has 2 nitrogen and oxygen atoms in total. The van der Waals surface area contributed by atoms with E-state index in [9.17, 15) is 0 Å². The summed E-state index contributed by atoms with van der Waals surface area (Å²) in [5.74, 6) is 0.401. The van der Waals surface area contributed by atoms with Crippen molar-refractivity contribution in [3.63, 3.8) is 0 Å². The normalized spacial score (nSPS) is 25.7. The van der Waals surface area contributed by atoms with E-state index in [1.807, 2.05) is 0 Å². The van der Waals surface area contributed by atoms with Crippen LogP contribution < -0.4 is 10.2 Å². The number of benzene rings is 3. The predicted molar refractivity (Wildman–Crippen MR) is 185 cm³/mol. The van der Waals surface area contributed by atoms with E-state index in [0.29, 0.717) is 12.0 Å². The van der Waals surface area contributed by atoms with Gasteiger partial charge in [0.1, 0.15) is 0 Å². The first-order chi connectivity index (χ1) is 21.3. The molecule has 9 rings (SSSR count). The molecule has 44 heavy (non-hydrogen) atoms. The molecule has 0 fully saturated rings. The summed E-state index contributed by atoms with van der Waals surface area (Å²) in [7, 11) is 0. The lowest BCUT2D eigenvalue weighted by Gasteiger charge is -2.31. The van der Waals surface area contributed by atoms with Crippen molar-refractivity contribution in [2.24, 2.45) is 0 Å². The van der Waals surface area contributed by atoms with Gasteiger partial charge in [0, 0.05) is 39.9 Å². The molecule has 0 radical (unpaired) electrons. The van der Waals surface area contributed by atoms with Gasteiger partial charge in [-0.05, 0) is 93.6 Å². The van der Waals surface area contributed by atoms with Crippen LogP contribution in [0.2, 0.25) is 0 Å². The molecule has 0 bridgehead atoms. The maximum Gasteiger partial charge on any atom is 0.0626 e. The molecule has 0 saturated heterocycles. The highest BCUT2D eigenvalue weighted by atomic mass is 15.2. The van der Waals surface area contributed by atoms with Crippen LogP contribution in [0.25, 0.3) is 16.7 Å². The maximum atomic E-state index is 3.92. The summed E-state index contributed by atoms with van der Waals surface area (Å²) in [6.07, 6.45) is 24.4. The first kappa shape index (κ1) is 26.1. The first-order valence-electron chi connectivity index (χ1n) is 16.4. The second-order valence-electron chi connectivity index (χ2n) is 14.5. The van der Waals surface area contributed by atoms with Crippen LogP contribution in [-0.4, -0.2) is 12.1 Å². The molecule has 0 spiro atoms. The molecule has 3 atom stereocenters. The lowest BCUT2D eigenvalue weighted by Crippen LogP contribution is -2.32. The molecule has 0 amide bonds. The van der Waals surface area contributed by atoms with Crippen LogP contribution in [0.15, 0.2) is 121 Å². The fourth-order valence-electron chi connectivity index (χ4n) is 9.02. The number of fused-ring (bicyclic) bond motifs is 9. The quantitative estimate of drug-likeness (QED) is 0.336. The van der Waals surface area contributed by atoms with Crippen LogP contribution >= 0.6 is 0 Å². The van der Waals surface area contributed by atoms with Crippen molar-refractivity contribution in [3.05, 3.63) is 148 Å². The van der Waals surface area contributed by atoms with Crippen molar-refractivity contribution in [3.8, 4) is 11.1 Å². The van der Waals surface area contributed by atoms with E-state index in [-0.39, 0.29) is 16.9 Å². The Hall–Kier alpha value is -4.30. The molecule has 5 aliphatic carbocycles. The summed E-state index contributed by atoms with van der Waals surface area (Å²) in [6, 6.07) is 21.6. The van der Waals surface area contributed by atoms with Gasteiger partial charge in [-0.2, -0.15) is 0 Å². The van der Waals surface area contributed by atoms with E-state index in [2.05, 4.69) is 147 Å². The molecule has 1 heterocycles. The van der Waals surface area contributed by atoms with Gasteiger partial charge in [0.25, 0.3) is 0 Å². The number of hydrogen-bond acceptors (Lipinski definition) is 2. The van der Waals surface area contributed by atoms with Gasteiger partial charge in [-0.15, -0.1) is 0 Å². The zero-order valence-electron chi connectivity index (χ0n) is 26.2. The Morgan fingerprint density at radius 2 is 1.61 bits per heavy atom. The van der Waals surface area contributed by atoms with Gasteiger partial charge in [0.05, 0.1) is 6.04 Å². The van der Waals surface area contributed by atoms with Gasteiger partial charge in [0.15, 0.2) is 0 Å². The van der Waals surface area contributed by atoms with Crippen molar-refractivity contribution >= 4 is 16.9 Å². The lowest BCUT2D eigenvalue weighted by molar-refractivity contribution is 0.648. The molecule has 6 aliphatic rings. The number of anilines is 2. The van der Waals surface area contributed by atoms with Crippen molar-refractivity contribution < 1.29 is 0 Å². The Morgan fingerprint density at radius 1 is 0.795 bits per heavy atom. The third-order valence-corrected chi connectivity index (χ3v) is 11.3. The standard InChI is InChI=1S/C42H40N2/c1-41(2)35-16-10-8-14-29(35)30-20-18-26(22-36(30)41)43-27-19-21-31-33-25-40-34(24-38(33)42(3,4)37(31)23-27)32-15-9-11-17-39(32)44(40)28-12-6-5-7-13-28/h5-6,8-12,14-18,20-25,27,32,39,43H,7,13,19H2,1-4H3. The highest BCUT2D eigenvalue weighted by Crippen LogP contribution is 2.57. The van der Waals surface area contributed by atoms with Crippen LogP contribution in [-0.2, 0) is 10.8 Å². The van der Waals surface area contributed by atoms with E-state index in [4.69, 9.17) is 0 Å². The average Bonchev–Trinajstić information content (AvgIpc) is 3.57. The van der Waals surface area contributed by atoms with Gasteiger partial charge in [-0.3, -0.25) is 0 Å². The van der Waals surface area contributed by atoms with Crippen molar-refractivity contribution in [2.45, 2.75) is 75.8 Å². The van der Waals surface area contributed by atoms with Crippen LogP contribution in [0.3, 0.4) is 0 Å². The molecule has 0 saturated carbocycles. The zero-order valence-corrected chi connectivity index (χ0v) is 26.2. The third kappa shape index (κ3) is 3.54. The van der Waals surface area contributed by atoms with Gasteiger partial charge in [-0.1, -0.05) is 113 Å². The molecular formula is C42H40N2. The highest BCUT2D eigenvalue weighted by molar-refractivity contribution is 5.93. The number of allylic oxidation sites excluding steroid dienone is 8. The Morgan fingerprint density at radius 3 is 2.48 bits per heavy atom. The SMILES string of the molecule is CC1(C)C2=CC(Nc3ccc4c(c3)C(C)(C)c3ccccc3-4)CC=C2c2cc3c(cc21)C1C=CC=CC1N3C1=CC=CCC1. The van der Waals surface area contributed by atoms with E-state index in [0.717, 1.165) is 19.3 Å². The van der Waals surface area contributed by atoms with Crippen LogP contribution in [0.1, 0.15) is 80.7 Å². The summed E-state index contributed by atoms with van der Waals surface area (Å²) in [5, 5.41) is 3.92. The largest absolute Gasteiger partial charge is 0.379 e. The number of hydrogen-bond donors (Lipinski definition) is 1. The molecule has 3 aromatic carbocycles. The molecule has 0 aromatic heterocycles. The number of rotatable bonds is 3. The smallest absolute Gasteiger partial charge is 0.0626 e. The average molecular weight is 573 g/mol. The van der Waals surface area contributed by atoms with E-state index in [1.165, 1.54) is 67.2 Å². The minimum absolute atomic E-state index is 0.0113. The summed E-state index contributed by atoms with van der Waals surface area (Å²) in [4.78, 5) is 2.64. The van der Waals surface area contributed by atoms with Crippen molar-refractivity contribution in [1.29, 1.82) is 0 Å². The Balaban J connectivity index is 1.06. The minimum Gasteiger partial charge on any atom is -0.379 e. The first-order valence-corrected chi connectivity index (χ1v) is 16.4. The minimum atomic E-state index is -0.0396. The predicted octanol–water partition coefficient (Wildman–Crippen LogP) is 10.1. The van der Waals surface area contributed by atoms with Crippen molar-refractivity contribution in [2.75, 3.05) is 10.2 Å². The summed E-state index contributed by atoms with van der Waals surface area (Å²) in [5.41, 5.74) is 16.9. The van der Waals surface area contributed by atoms with Gasteiger partial charge in [0.2, 0.25) is 0 Å². The molecule has 3 unspecified atom stereocenters. The molecule has 1 N–H and O–H groups in total. The highest BCUT2D eigenvalue weighted by Gasteiger charge is 2.45. The molecular weight excluding hydrogens is 532 g/mol. The summed E-state index contributed by atoms with van der Waals surface area (Å²) in [6.45, 7) is 9.58. The summed E-state index contributed by atoms with van der Waals surface area (Å²) < 4.78 is 0. The number of nitrogens with one attached hydrogen (secondary N) is 1. The van der Waals surface area contributed by atoms with Crippen molar-refractivity contribution in [1.82, 2.24) is 0 Å². The number of nitrogens with zero attached hydrogens (tertiary/aromatic N) is 1. The van der Waals surface area contributed by atoms with Crippen LogP contribution in [0, 0.1) is 0 Å². The van der Waals surface area contributed by atoms with Gasteiger partial charge < -0.3 is 10.2 Å². The zero-order chi connectivity index (χ0) is 29.8. The second-order valence-corrected chi connectivity index (χ2v) is 14.5. The Labute approximate surface area is 261 Å². The topological polar surface area (TPSA) is 15.3 Å². The molecule has 218 valence electrons. The monoisotopic (exact) mass is 572 g/mol. The maximum absolute atomic E-state index is 3.92. The third-order valence-electron chi connectivity index (χ3n) is 11.3. The second kappa shape index (κ2) is 9.11. The van der Waals surface area contributed by atoms with E-state index < -0.39 is 0 Å². The Bertz CT molecular complexity index is 1940.